The number of hydrogen-bond donors (Lipinski definition) is 1. The lowest BCUT2D eigenvalue weighted by molar-refractivity contribution is -0.197. The number of methoxy groups -OCH3 is 4. The zero-order chi connectivity index (χ0) is 24.8. The van der Waals surface area contributed by atoms with Crippen LogP contribution in [0.5, 0.6) is 0 Å². The number of carbonyl (C=O) groups excluding carboxylic acids is 5. The zero-order valence-electron chi connectivity index (χ0n) is 18.7. The minimum absolute atomic E-state index is 0.652. The summed E-state index contributed by atoms with van der Waals surface area (Å²) in [7, 11) is 4.09. The fourth-order valence-corrected chi connectivity index (χ4v) is 4.14. The molecule has 0 spiro atoms. The topological polar surface area (TPSA) is 142 Å². The van der Waals surface area contributed by atoms with Crippen molar-refractivity contribution in [1.82, 2.24) is 0 Å². The highest BCUT2D eigenvalue weighted by Gasteiger charge is 2.65. The van der Waals surface area contributed by atoms with E-state index in [2.05, 4.69) is 9.47 Å². The maximum atomic E-state index is 13.4. The SMILES string of the molecule is COC(=O)CC1(O)C(/C=C/c2ccccc2)C(C(=O)OC)C(=O)C(C(=O)OC)C1C(=O)OC. The molecule has 0 heterocycles. The lowest BCUT2D eigenvalue weighted by Gasteiger charge is -2.47. The number of benzene rings is 1. The highest BCUT2D eigenvalue weighted by atomic mass is 16.5. The summed E-state index contributed by atoms with van der Waals surface area (Å²) < 4.78 is 18.9. The van der Waals surface area contributed by atoms with Crippen LogP contribution in [0.1, 0.15) is 12.0 Å². The van der Waals surface area contributed by atoms with E-state index in [4.69, 9.17) is 9.47 Å². The molecule has 0 aliphatic heterocycles. The molecule has 10 heteroatoms. The van der Waals surface area contributed by atoms with Gasteiger partial charge in [0.25, 0.3) is 0 Å². The molecule has 0 amide bonds. The highest BCUT2D eigenvalue weighted by molar-refractivity contribution is 6.12. The van der Waals surface area contributed by atoms with E-state index in [-0.39, 0.29) is 0 Å². The molecule has 1 saturated carbocycles. The summed E-state index contributed by atoms with van der Waals surface area (Å²) in [5.41, 5.74) is -1.78. The Morgan fingerprint density at radius 3 is 1.94 bits per heavy atom. The average molecular weight is 462 g/mol. The quantitative estimate of drug-likeness (QED) is 0.347. The molecule has 5 atom stereocenters. The third-order valence-corrected chi connectivity index (χ3v) is 5.74. The van der Waals surface area contributed by atoms with E-state index in [0.717, 1.165) is 28.4 Å². The summed E-state index contributed by atoms with van der Waals surface area (Å²) in [5, 5.41) is 11.8. The van der Waals surface area contributed by atoms with Gasteiger partial charge in [-0.05, 0) is 5.56 Å². The van der Waals surface area contributed by atoms with Crippen LogP contribution in [0.4, 0.5) is 0 Å². The second kappa shape index (κ2) is 10.9. The van der Waals surface area contributed by atoms with Crippen LogP contribution >= 0.6 is 0 Å². The summed E-state index contributed by atoms with van der Waals surface area (Å²) in [6, 6.07) is 8.72. The first kappa shape index (κ1) is 25.7. The Morgan fingerprint density at radius 1 is 0.879 bits per heavy atom. The zero-order valence-corrected chi connectivity index (χ0v) is 18.7. The molecule has 2 rings (SSSR count). The molecule has 33 heavy (non-hydrogen) atoms. The Labute approximate surface area is 190 Å². The number of Topliss-reactive ketones (excluding diaryl/α,β-unsaturated/α-hetero) is 1. The van der Waals surface area contributed by atoms with Crippen LogP contribution in [0, 0.1) is 23.7 Å². The second-order valence-corrected chi connectivity index (χ2v) is 7.44. The van der Waals surface area contributed by atoms with Crippen molar-refractivity contribution in [3.8, 4) is 0 Å². The fraction of sp³-hybridized carbons (Fsp3) is 0.435. The van der Waals surface area contributed by atoms with E-state index in [1.54, 1.807) is 30.3 Å². The van der Waals surface area contributed by atoms with Gasteiger partial charge in [-0.15, -0.1) is 0 Å². The van der Waals surface area contributed by atoms with Gasteiger partial charge in [-0.1, -0.05) is 42.5 Å². The number of ketones is 1. The molecule has 0 aromatic heterocycles. The average Bonchev–Trinajstić information content (AvgIpc) is 2.82. The first-order valence-corrected chi connectivity index (χ1v) is 9.95. The van der Waals surface area contributed by atoms with Crippen molar-refractivity contribution in [1.29, 1.82) is 0 Å². The van der Waals surface area contributed by atoms with Crippen LogP contribution in [0.2, 0.25) is 0 Å². The lowest BCUT2D eigenvalue weighted by Crippen LogP contribution is -2.65. The maximum absolute atomic E-state index is 13.4. The van der Waals surface area contributed by atoms with Crippen molar-refractivity contribution in [3.63, 3.8) is 0 Å². The molecular weight excluding hydrogens is 436 g/mol. The molecule has 1 N–H and O–H groups in total. The van der Waals surface area contributed by atoms with Gasteiger partial charge in [0, 0.05) is 5.92 Å². The molecular formula is C23H26O10. The van der Waals surface area contributed by atoms with E-state index < -0.39 is 65.4 Å². The molecule has 1 aromatic rings. The predicted molar refractivity (Wildman–Crippen MR) is 112 cm³/mol. The number of esters is 4. The Hall–Kier alpha value is -3.53. The number of carbonyl (C=O) groups is 5. The van der Waals surface area contributed by atoms with Gasteiger partial charge in [0.15, 0.2) is 5.78 Å². The molecule has 178 valence electrons. The number of aliphatic hydroxyl groups is 1. The van der Waals surface area contributed by atoms with Crippen LogP contribution < -0.4 is 0 Å². The van der Waals surface area contributed by atoms with Crippen molar-refractivity contribution in [2.45, 2.75) is 12.0 Å². The van der Waals surface area contributed by atoms with Gasteiger partial charge in [-0.25, -0.2) is 0 Å². The van der Waals surface area contributed by atoms with Gasteiger partial charge in [0.2, 0.25) is 0 Å². The van der Waals surface area contributed by atoms with E-state index in [1.165, 1.54) is 12.2 Å². The molecule has 1 fully saturated rings. The molecule has 1 aliphatic rings. The first-order valence-electron chi connectivity index (χ1n) is 9.95. The summed E-state index contributed by atoms with van der Waals surface area (Å²) in [6.45, 7) is 0. The molecule has 0 bridgehead atoms. The smallest absolute Gasteiger partial charge is 0.317 e. The minimum Gasteiger partial charge on any atom is -0.469 e. The Balaban J connectivity index is 2.79. The number of hydrogen-bond acceptors (Lipinski definition) is 10. The standard InChI is InChI=1S/C23H26O10/c1-30-15(24)12-23(29)14(11-10-13-8-6-5-7-9-13)16(20(26)31-2)19(25)17(21(27)32-3)18(23)22(28)33-4/h5-11,14,16-18,29H,12H2,1-4H3/b11-10+. The summed E-state index contributed by atoms with van der Waals surface area (Å²) >= 11 is 0. The van der Waals surface area contributed by atoms with Crippen molar-refractivity contribution in [2.75, 3.05) is 28.4 Å². The molecule has 0 radical (unpaired) electrons. The molecule has 0 saturated heterocycles. The van der Waals surface area contributed by atoms with E-state index in [9.17, 15) is 29.1 Å². The third-order valence-electron chi connectivity index (χ3n) is 5.74. The fourth-order valence-electron chi connectivity index (χ4n) is 4.14. The van der Waals surface area contributed by atoms with Crippen molar-refractivity contribution in [2.24, 2.45) is 23.7 Å². The predicted octanol–water partition coefficient (Wildman–Crippen LogP) is 0.560. The third kappa shape index (κ3) is 5.11. The summed E-state index contributed by atoms with van der Waals surface area (Å²) in [6.07, 6.45) is 2.03. The Morgan fingerprint density at radius 2 is 1.42 bits per heavy atom. The minimum atomic E-state index is -2.43. The van der Waals surface area contributed by atoms with Crippen LogP contribution in [0.3, 0.4) is 0 Å². The Bertz CT molecular complexity index is 938. The van der Waals surface area contributed by atoms with Crippen LogP contribution in [0.25, 0.3) is 6.08 Å². The van der Waals surface area contributed by atoms with Crippen LogP contribution in [0.15, 0.2) is 36.4 Å². The molecule has 5 unspecified atom stereocenters. The van der Waals surface area contributed by atoms with Gasteiger partial charge >= 0.3 is 23.9 Å². The number of rotatable bonds is 7. The van der Waals surface area contributed by atoms with Crippen molar-refractivity contribution < 1.29 is 48.0 Å². The second-order valence-electron chi connectivity index (χ2n) is 7.44. The lowest BCUT2D eigenvalue weighted by atomic mass is 9.57. The van der Waals surface area contributed by atoms with E-state index in [1.807, 2.05) is 0 Å². The summed E-state index contributed by atoms with van der Waals surface area (Å²) in [4.78, 5) is 63.6. The summed E-state index contributed by atoms with van der Waals surface area (Å²) in [5.74, 6) is -12.2. The van der Waals surface area contributed by atoms with E-state index in [0.29, 0.717) is 5.56 Å². The van der Waals surface area contributed by atoms with E-state index >= 15 is 0 Å². The van der Waals surface area contributed by atoms with Gasteiger partial charge in [-0.2, -0.15) is 0 Å². The largest absolute Gasteiger partial charge is 0.469 e. The van der Waals surface area contributed by atoms with Gasteiger partial charge in [0.05, 0.1) is 40.5 Å². The molecule has 10 nitrogen and oxygen atoms in total. The maximum Gasteiger partial charge on any atom is 0.317 e. The first-order chi connectivity index (χ1) is 15.7. The van der Waals surface area contributed by atoms with Crippen molar-refractivity contribution >= 4 is 35.7 Å². The Kier molecular flexibility index (Phi) is 8.47. The molecule has 1 aromatic carbocycles. The van der Waals surface area contributed by atoms with Crippen LogP contribution in [-0.4, -0.2) is 68.8 Å². The highest BCUT2D eigenvalue weighted by Crippen LogP contribution is 2.48. The molecule has 1 aliphatic carbocycles. The van der Waals surface area contributed by atoms with Gasteiger partial charge < -0.3 is 24.1 Å². The monoisotopic (exact) mass is 462 g/mol. The van der Waals surface area contributed by atoms with Gasteiger partial charge in [0.1, 0.15) is 17.8 Å². The number of ether oxygens (including phenoxy) is 4. The van der Waals surface area contributed by atoms with Crippen LogP contribution in [-0.2, 0) is 42.9 Å². The van der Waals surface area contributed by atoms with Crippen molar-refractivity contribution in [3.05, 3.63) is 42.0 Å². The van der Waals surface area contributed by atoms with Gasteiger partial charge in [-0.3, -0.25) is 24.0 Å². The normalized spacial score (nSPS) is 27.0.